The quantitative estimate of drug-likeness (QED) is 0.847. The Morgan fingerprint density at radius 1 is 1.25 bits per heavy atom. The monoisotopic (exact) mass is 277 g/mol. The summed E-state index contributed by atoms with van der Waals surface area (Å²) in [5.41, 5.74) is 1.08. The van der Waals surface area contributed by atoms with E-state index in [0.717, 1.165) is 30.1 Å². The first kappa shape index (κ1) is 14.1. The molecule has 20 heavy (non-hydrogen) atoms. The van der Waals surface area contributed by atoms with Crippen LogP contribution in [0.1, 0.15) is 44.2 Å². The second-order valence-electron chi connectivity index (χ2n) is 6.46. The van der Waals surface area contributed by atoms with Crippen LogP contribution < -0.4 is 0 Å². The van der Waals surface area contributed by atoms with Crippen LogP contribution in [0.25, 0.3) is 0 Å². The van der Waals surface area contributed by atoms with Gasteiger partial charge in [0, 0.05) is 19.5 Å². The molecule has 0 bridgehead atoms. The van der Waals surface area contributed by atoms with Crippen molar-refractivity contribution in [3.05, 3.63) is 17.8 Å². The van der Waals surface area contributed by atoms with Gasteiger partial charge in [0.05, 0.1) is 5.69 Å². The fourth-order valence-electron chi connectivity index (χ4n) is 3.75. The SMILES string of the molecule is Cc1nc(CN2CCC([C@H](C)N3CCCC3)CC2)co1. The zero-order valence-corrected chi connectivity index (χ0v) is 12.8. The van der Waals surface area contributed by atoms with Crippen molar-refractivity contribution in [2.45, 2.75) is 52.1 Å². The fraction of sp³-hybridized carbons (Fsp3) is 0.812. The van der Waals surface area contributed by atoms with Crippen molar-refractivity contribution in [1.29, 1.82) is 0 Å². The molecule has 0 N–H and O–H groups in total. The van der Waals surface area contributed by atoms with E-state index in [9.17, 15) is 0 Å². The summed E-state index contributed by atoms with van der Waals surface area (Å²) in [6.45, 7) is 10.3. The molecule has 0 saturated carbocycles. The van der Waals surface area contributed by atoms with Crippen molar-refractivity contribution >= 4 is 0 Å². The molecular weight excluding hydrogens is 250 g/mol. The van der Waals surface area contributed by atoms with Gasteiger partial charge in [0.1, 0.15) is 6.26 Å². The Kier molecular flexibility index (Phi) is 4.41. The highest BCUT2D eigenvalue weighted by Gasteiger charge is 2.29. The van der Waals surface area contributed by atoms with Gasteiger partial charge in [-0.3, -0.25) is 4.90 Å². The molecule has 0 spiro atoms. The summed E-state index contributed by atoms with van der Waals surface area (Å²) >= 11 is 0. The fourth-order valence-corrected chi connectivity index (χ4v) is 3.75. The molecule has 2 aliphatic heterocycles. The minimum absolute atomic E-state index is 0.772. The van der Waals surface area contributed by atoms with E-state index in [1.54, 1.807) is 6.26 Å². The highest BCUT2D eigenvalue weighted by molar-refractivity contribution is 4.96. The van der Waals surface area contributed by atoms with E-state index in [-0.39, 0.29) is 0 Å². The Morgan fingerprint density at radius 3 is 2.55 bits per heavy atom. The second-order valence-corrected chi connectivity index (χ2v) is 6.46. The number of aromatic nitrogens is 1. The van der Waals surface area contributed by atoms with Gasteiger partial charge in [-0.25, -0.2) is 4.98 Å². The van der Waals surface area contributed by atoms with Gasteiger partial charge in [0.2, 0.25) is 0 Å². The summed E-state index contributed by atoms with van der Waals surface area (Å²) in [5.74, 6) is 1.65. The Hall–Kier alpha value is -0.870. The number of piperidine rings is 1. The lowest BCUT2D eigenvalue weighted by Gasteiger charge is -2.38. The molecule has 2 saturated heterocycles. The predicted molar refractivity (Wildman–Crippen MR) is 79.5 cm³/mol. The Bertz CT molecular complexity index is 417. The third-order valence-electron chi connectivity index (χ3n) is 5.08. The summed E-state index contributed by atoms with van der Waals surface area (Å²) < 4.78 is 5.29. The number of oxazole rings is 1. The van der Waals surface area contributed by atoms with Crippen LogP contribution in [0.15, 0.2) is 10.7 Å². The molecule has 0 aromatic carbocycles. The first-order valence-corrected chi connectivity index (χ1v) is 8.10. The smallest absolute Gasteiger partial charge is 0.191 e. The van der Waals surface area contributed by atoms with Crippen LogP contribution in [0.4, 0.5) is 0 Å². The lowest BCUT2D eigenvalue weighted by molar-refractivity contribution is 0.107. The number of hydrogen-bond donors (Lipinski definition) is 0. The van der Waals surface area contributed by atoms with E-state index in [2.05, 4.69) is 21.7 Å². The molecule has 0 radical (unpaired) electrons. The summed E-state index contributed by atoms with van der Waals surface area (Å²) in [5, 5.41) is 0. The highest BCUT2D eigenvalue weighted by Crippen LogP contribution is 2.26. The molecule has 0 aliphatic carbocycles. The van der Waals surface area contributed by atoms with E-state index < -0.39 is 0 Å². The number of nitrogens with zero attached hydrogens (tertiary/aromatic N) is 3. The first-order valence-electron chi connectivity index (χ1n) is 8.10. The van der Waals surface area contributed by atoms with Crippen LogP contribution in [0, 0.1) is 12.8 Å². The predicted octanol–water partition coefficient (Wildman–Crippen LogP) is 2.68. The lowest BCUT2D eigenvalue weighted by Crippen LogP contribution is -2.42. The van der Waals surface area contributed by atoms with E-state index in [4.69, 9.17) is 4.42 Å². The topological polar surface area (TPSA) is 32.5 Å². The summed E-state index contributed by atoms with van der Waals surface area (Å²) in [6.07, 6.45) is 7.25. The third-order valence-corrected chi connectivity index (χ3v) is 5.08. The van der Waals surface area contributed by atoms with Gasteiger partial charge in [0.25, 0.3) is 0 Å². The van der Waals surface area contributed by atoms with Crippen LogP contribution in [0.3, 0.4) is 0 Å². The molecule has 112 valence electrons. The Balaban J connectivity index is 1.46. The average molecular weight is 277 g/mol. The van der Waals surface area contributed by atoms with Gasteiger partial charge in [-0.05, 0) is 64.7 Å². The zero-order valence-electron chi connectivity index (χ0n) is 12.8. The molecule has 0 amide bonds. The van der Waals surface area contributed by atoms with E-state index in [1.165, 1.54) is 51.9 Å². The Morgan fingerprint density at radius 2 is 1.95 bits per heavy atom. The molecule has 3 heterocycles. The lowest BCUT2D eigenvalue weighted by atomic mass is 9.89. The minimum Gasteiger partial charge on any atom is -0.449 e. The molecule has 4 heteroatoms. The van der Waals surface area contributed by atoms with Crippen LogP contribution in [0.5, 0.6) is 0 Å². The summed E-state index contributed by atoms with van der Waals surface area (Å²) in [7, 11) is 0. The van der Waals surface area contributed by atoms with Gasteiger partial charge in [-0.2, -0.15) is 0 Å². The minimum atomic E-state index is 0.772. The molecule has 4 nitrogen and oxygen atoms in total. The number of likely N-dealkylation sites (tertiary alicyclic amines) is 2. The van der Waals surface area contributed by atoms with Gasteiger partial charge >= 0.3 is 0 Å². The maximum atomic E-state index is 5.29. The van der Waals surface area contributed by atoms with Crippen molar-refractivity contribution in [3.63, 3.8) is 0 Å². The molecule has 1 atom stereocenters. The van der Waals surface area contributed by atoms with Crippen molar-refractivity contribution in [1.82, 2.24) is 14.8 Å². The van der Waals surface area contributed by atoms with Gasteiger partial charge in [-0.1, -0.05) is 0 Å². The normalized spacial score (nSPS) is 24.3. The van der Waals surface area contributed by atoms with Crippen LogP contribution in [0.2, 0.25) is 0 Å². The largest absolute Gasteiger partial charge is 0.449 e. The van der Waals surface area contributed by atoms with Crippen LogP contribution in [-0.2, 0) is 6.54 Å². The number of rotatable bonds is 4. The van der Waals surface area contributed by atoms with Crippen LogP contribution >= 0.6 is 0 Å². The number of hydrogen-bond acceptors (Lipinski definition) is 4. The van der Waals surface area contributed by atoms with Crippen molar-refractivity contribution in [3.8, 4) is 0 Å². The van der Waals surface area contributed by atoms with Gasteiger partial charge in [-0.15, -0.1) is 0 Å². The molecule has 2 fully saturated rings. The van der Waals surface area contributed by atoms with Crippen LogP contribution in [-0.4, -0.2) is 47.0 Å². The average Bonchev–Trinajstić information content (AvgIpc) is 3.11. The van der Waals surface area contributed by atoms with E-state index in [1.807, 2.05) is 6.92 Å². The second kappa shape index (κ2) is 6.27. The van der Waals surface area contributed by atoms with E-state index in [0.29, 0.717) is 0 Å². The zero-order chi connectivity index (χ0) is 13.9. The number of aryl methyl sites for hydroxylation is 1. The molecule has 3 rings (SSSR count). The van der Waals surface area contributed by atoms with Crippen molar-refractivity contribution in [2.75, 3.05) is 26.2 Å². The summed E-state index contributed by atoms with van der Waals surface area (Å²) in [6, 6.07) is 0.772. The molecule has 1 aromatic heterocycles. The molecular formula is C16H27N3O. The summed E-state index contributed by atoms with van der Waals surface area (Å²) in [4.78, 5) is 9.62. The first-order chi connectivity index (χ1) is 9.72. The van der Waals surface area contributed by atoms with E-state index >= 15 is 0 Å². The molecule has 1 aromatic rings. The Labute approximate surface area is 122 Å². The highest BCUT2D eigenvalue weighted by atomic mass is 16.3. The van der Waals surface area contributed by atoms with Crippen molar-refractivity contribution in [2.24, 2.45) is 5.92 Å². The standard InChI is InChI=1S/C16H27N3O/c1-13(19-7-3-4-8-19)15-5-9-18(10-6-15)11-16-12-20-14(2)17-16/h12-13,15H,3-11H2,1-2H3/t13-/m0/s1. The van der Waals surface area contributed by atoms with Gasteiger partial charge in [0.15, 0.2) is 5.89 Å². The molecule has 0 unspecified atom stereocenters. The van der Waals surface area contributed by atoms with Gasteiger partial charge < -0.3 is 9.32 Å². The maximum Gasteiger partial charge on any atom is 0.191 e. The van der Waals surface area contributed by atoms with Crippen molar-refractivity contribution < 1.29 is 4.42 Å². The maximum absolute atomic E-state index is 5.29. The third kappa shape index (κ3) is 3.23. The molecule has 2 aliphatic rings.